The topological polar surface area (TPSA) is 56.7 Å². The standard InChI is InChI=1S/C31H20N3O.C17H22GeN.Ir/c1-20-17-18-25-24-13-8-14-26(29(24)35-31(25)32-20)30-33-27-15-5-6-16-28(27)34(30)23-12-7-11-22(19-23)21-9-3-2-4-10-21;1-13(2)14-6-8-15(9-7-14)17-11-10-16(12-19-17)18(3,4)5;/h2-13,15-19H,1H3;6-8,10-13H,1-5H3;/q2*-1;/i;13D;. The average Bonchev–Trinajstić information content (AvgIpc) is 3.76. The molecule has 0 saturated carbocycles. The Labute approximate surface area is 340 Å². The molecule has 0 bridgehead atoms. The van der Waals surface area contributed by atoms with Crippen LogP contribution in [0.5, 0.6) is 0 Å². The third-order valence-electron chi connectivity index (χ3n) is 9.73. The van der Waals surface area contributed by atoms with Gasteiger partial charge in [0.2, 0.25) is 5.71 Å². The first-order chi connectivity index (χ1) is 26.4. The van der Waals surface area contributed by atoms with Crippen LogP contribution in [0.3, 0.4) is 0 Å². The van der Waals surface area contributed by atoms with Crippen LogP contribution in [0.4, 0.5) is 0 Å². The number of benzene rings is 5. The monoisotopic (exact) mass is 958 g/mol. The molecule has 9 rings (SSSR count). The Bertz CT molecular complexity index is 2730. The molecule has 0 aliphatic heterocycles. The molecule has 4 heterocycles. The first kappa shape index (κ1) is 36.8. The molecule has 0 amide bonds. The van der Waals surface area contributed by atoms with Crippen LogP contribution in [0.1, 0.15) is 32.4 Å². The molecule has 5 aromatic carbocycles. The largest absolute Gasteiger partial charge is 0 e. The Morgan fingerprint density at radius 3 is 2.27 bits per heavy atom. The minimum Gasteiger partial charge on any atom is 0 e. The first-order valence-corrected chi connectivity index (χ1v) is 25.6. The molecule has 0 aliphatic carbocycles. The van der Waals surface area contributed by atoms with Gasteiger partial charge < -0.3 is 8.98 Å². The normalized spacial score (nSPS) is 11.9. The number of aryl methyl sites for hydroxylation is 1. The van der Waals surface area contributed by atoms with Gasteiger partial charge in [-0.2, -0.15) is 0 Å². The van der Waals surface area contributed by atoms with E-state index in [0.717, 1.165) is 72.5 Å². The fourth-order valence-corrected chi connectivity index (χ4v) is 8.85. The van der Waals surface area contributed by atoms with Gasteiger partial charge in [-0.05, 0) is 54.4 Å². The maximum Gasteiger partial charge on any atom is 0 e. The minimum absolute atomic E-state index is 0. The van der Waals surface area contributed by atoms with E-state index in [4.69, 9.17) is 10.8 Å². The SMILES string of the molecule is Cc1ccc2c(n1)oc1c(-c3nc4ccccc4n3-c3cccc(-c4ccccc4)c3)[c-]ccc12.[2H]C(C)(C)c1c[c-]c(-c2cc[c]([Ge]([CH3])([CH3])[CH3])cn2)cc1.[Ir]. The molecule has 0 N–H and O–H groups in total. The Kier molecular flexibility index (Phi) is 10.7. The van der Waals surface area contributed by atoms with E-state index in [9.17, 15) is 0 Å². The number of rotatable bonds is 6. The fourth-order valence-electron chi connectivity index (χ4n) is 6.68. The van der Waals surface area contributed by atoms with Crippen LogP contribution in [0, 0.1) is 19.1 Å². The van der Waals surface area contributed by atoms with Crippen molar-refractivity contribution in [2.24, 2.45) is 0 Å². The molecule has 0 saturated heterocycles. The number of fused-ring (bicyclic) bond motifs is 4. The predicted molar refractivity (Wildman–Crippen MR) is 226 cm³/mol. The van der Waals surface area contributed by atoms with E-state index in [-0.39, 0.29) is 20.1 Å². The summed E-state index contributed by atoms with van der Waals surface area (Å²) in [4.78, 5) is 14.2. The molecule has 4 aromatic heterocycles. The fraction of sp³-hybridized carbons (Fsp3) is 0.146. The van der Waals surface area contributed by atoms with E-state index >= 15 is 0 Å². The average molecular weight is 957 g/mol. The van der Waals surface area contributed by atoms with Crippen molar-refractivity contribution < 1.29 is 25.9 Å². The molecule has 1 radical (unpaired) electrons. The van der Waals surface area contributed by atoms with Gasteiger partial charge in [0, 0.05) is 36.9 Å². The predicted octanol–water partition coefficient (Wildman–Crippen LogP) is 12.0. The van der Waals surface area contributed by atoms with Crippen molar-refractivity contribution >= 4 is 50.8 Å². The smallest absolute Gasteiger partial charge is 0 e. The molecular formula is C48H42GeIrN4O-2. The van der Waals surface area contributed by atoms with Gasteiger partial charge in [-0.1, -0.05) is 65.5 Å². The minimum atomic E-state index is -1.78. The van der Waals surface area contributed by atoms with Crippen molar-refractivity contribution in [2.75, 3.05) is 0 Å². The zero-order chi connectivity index (χ0) is 38.3. The number of para-hydroxylation sites is 2. The van der Waals surface area contributed by atoms with E-state index in [1.165, 1.54) is 9.96 Å². The molecular weight excluding hydrogens is 913 g/mol. The van der Waals surface area contributed by atoms with Gasteiger partial charge >= 0.3 is 120 Å². The second-order valence-electron chi connectivity index (χ2n) is 14.9. The van der Waals surface area contributed by atoms with Crippen LogP contribution in [0.15, 0.2) is 144 Å². The maximum absolute atomic E-state index is 8.02. The van der Waals surface area contributed by atoms with Gasteiger partial charge in [0.15, 0.2) is 0 Å². The molecule has 0 aliphatic rings. The van der Waals surface area contributed by atoms with E-state index in [1.54, 1.807) is 0 Å². The van der Waals surface area contributed by atoms with Crippen LogP contribution in [0.2, 0.25) is 17.3 Å². The van der Waals surface area contributed by atoms with Crippen LogP contribution in [-0.4, -0.2) is 32.8 Å². The van der Waals surface area contributed by atoms with Crippen LogP contribution < -0.4 is 4.40 Å². The summed E-state index contributed by atoms with van der Waals surface area (Å²) >= 11 is -1.78. The molecule has 0 atom stereocenters. The summed E-state index contributed by atoms with van der Waals surface area (Å²) in [5.74, 6) is 7.32. The Hall–Kier alpha value is -5.14. The van der Waals surface area contributed by atoms with E-state index in [2.05, 4.69) is 117 Å². The Morgan fingerprint density at radius 2 is 1.55 bits per heavy atom. The van der Waals surface area contributed by atoms with Crippen LogP contribution in [-0.2, 0) is 20.1 Å². The van der Waals surface area contributed by atoms with Gasteiger partial charge in [-0.25, -0.2) is 4.98 Å². The number of furan rings is 1. The van der Waals surface area contributed by atoms with Gasteiger partial charge in [0.25, 0.3) is 0 Å². The first-order valence-electron chi connectivity index (χ1n) is 18.8. The number of nitrogens with zero attached hydrogens (tertiary/aromatic N) is 4. The molecule has 7 heteroatoms. The van der Waals surface area contributed by atoms with Crippen molar-refractivity contribution in [1.82, 2.24) is 19.5 Å². The molecule has 0 spiro atoms. The van der Waals surface area contributed by atoms with Crippen molar-refractivity contribution in [3.8, 4) is 39.5 Å². The number of hydrogen-bond donors (Lipinski definition) is 0. The van der Waals surface area contributed by atoms with Gasteiger partial charge in [0.05, 0.1) is 22.4 Å². The third kappa shape index (κ3) is 7.86. The number of imidazole rings is 1. The zero-order valence-electron chi connectivity index (χ0n) is 32.8. The molecule has 5 nitrogen and oxygen atoms in total. The second-order valence-corrected chi connectivity index (χ2v) is 25.5. The van der Waals surface area contributed by atoms with Gasteiger partial charge in [0.1, 0.15) is 0 Å². The molecule has 0 fully saturated rings. The molecule has 55 heavy (non-hydrogen) atoms. The number of pyridine rings is 2. The summed E-state index contributed by atoms with van der Waals surface area (Å²) in [5.41, 5.74) is 11.3. The molecule has 9 aromatic rings. The van der Waals surface area contributed by atoms with E-state index in [1.807, 2.05) is 87.6 Å². The van der Waals surface area contributed by atoms with Crippen molar-refractivity contribution in [1.29, 1.82) is 0 Å². The maximum atomic E-state index is 8.02. The summed E-state index contributed by atoms with van der Waals surface area (Å²) in [6.45, 7) is 5.75. The number of hydrogen-bond acceptors (Lipinski definition) is 4. The summed E-state index contributed by atoms with van der Waals surface area (Å²) in [6.07, 6.45) is 2.02. The Morgan fingerprint density at radius 1 is 0.764 bits per heavy atom. The van der Waals surface area contributed by atoms with Crippen LogP contribution >= 0.6 is 0 Å². The third-order valence-corrected chi connectivity index (χ3v) is 14.0. The molecule has 275 valence electrons. The Balaban J connectivity index is 0.000000197. The van der Waals surface area contributed by atoms with E-state index < -0.39 is 19.2 Å². The molecule has 0 unspecified atom stereocenters. The summed E-state index contributed by atoms with van der Waals surface area (Å²) in [7, 11) is 0. The summed E-state index contributed by atoms with van der Waals surface area (Å²) in [5, 5.41) is 2.01. The van der Waals surface area contributed by atoms with Gasteiger partial charge in [-0.3, -0.25) is 4.98 Å². The second kappa shape index (κ2) is 15.9. The van der Waals surface area contributed by atoms with Crippen molar-refractivity contribution in [3.05, 3.63) is 163 Å². The summed E-state index contributed by atoms with van der Waals surface area (Å²) < 4.78 is 17.9. The quantitative estimate of drug-likeness (QED) is 0.123. The zero-order valence-corrected chi connectivity index (χ0v) is 36.3. The summed E-state index contributed by atoms with van der Waals surface area (Å²) in [6, 6.07) is 52.1. The van der Waals surface area contributed by atoms with Crippen LogP contribution in [0.25, 0.3) is 72.6 Å². The van der Waals surface area contributed by atoms with Gasteiger partial charge in [-0.15, -0.1) is 18.2 Å². The van der Waals surface area contributed by atoms with Crippen molar-refractivity contribution in [2.45, 2.75) is 43.9 Å². The van der Waals surface area contributed by atoms with Crippen molar-refractivity contribution in [3.63, 3.8) is 0 Å². The number of aromatic nitrogens is 4. The van der Waals surface area contributed by atoms with E-state index in [0.29, 0.717) is 5.71 Å².